The zero-order chi connectivity index (χ0) is 15.4. The number of hydrogen-bond acceptors (Lipinski definition) is 4. The van der Waals surface area contributed by atoms with Gasteiger partial charge in [-0.1, -0.05) is 15.9 Å². The quantitative estimate of drug-likeness (QED) is 0.894. The number of nitrogens with zero attached hydrogens (tertiary/aromatic N) is 1. The zero-order valence-corrected chi connectivity index (χ0v) is 13.2. The van der Waals surface area contributed by atoms with Crippen molar-refractivity contribution in [2.75, 3.05) is 6.61 Å². The van der Waals surface area contributed by atoms with Crippen LogP contribution in [0.4, 0.5) is 4.39 Å². The fraction of sp³-hybridized carbons (Fsp3) is 0.286. The second-order valence-corrected chi connectivity index (χ2v) is 5.31. The van der Waals surface area contributed by atoms with Gasteiger partial charge in [0, 0.05) is 4.47 Å². The molecule has 1 aromatic carbocycles. The molecule has 0 unspecified atom stereocenters. The Bertz CT molecular complexity index is 638. The molecule has 0 aliphatic rings. The average molecular weight is 357 g/mol. The molecule has 0 aliphatic heterocycles. The van der Waals surface area contributed by atoms with E-state index in [1.54, 1.807) is 13.0 Å². The highest BCUT2D eigenvalue weighted by Gasteiger charge is 2.10. The molecule has 0 aliphatic carbocycles. The third kappa shape index (κ3) is 4.29. The third-order valence-electron chi connectivity index (χ3n) is 2.76. The maximum atomic E-state index is 13.5. The molecule has 2 aromatic rings. The van der Waals surface area contributed by atoms with Crippen molar-refractivity contribution in [2.45, 2.75) is 20.4 Å². The molecule has 2 rings (SSSR count). The lowest BCUT2D eigenvalue weighted by molar-refractivity contribution is -0.123. The summed E-state index contributed by atoms with van der Waals surface area (Å²) in [7, 11) is 0. The van der Waals surface area contributed by atoms with E-state index in [1.165, 1.54) is 12.1 Å². The van der Waals surface area contributed by atoms with E-state index in [-0.39, 0.29) is 24.8 Å². The molecule has 1 aromatic heterocycles. The second-order valence-electron chi connectivity index (χ2n) is 4.39. The topological polar surface area (TPSA) is 64.4 Å². The fourth-order valence-corrected chi connectivity index (χ4v) is 1.91. The van der Waals surface area contributed by atoms with Crippen LogP contribution < -0.4 is 10.1 Å². The molecular weight excluding hydrogens is 343 g/mol. The van der Waals surface area contributed by atoms with E-state index in [0.717, 1.165) is 5.69 Å². The number of amides is 1. The van der Waals surface area contributed by atoms with Gasteiger partial charge in [0.1, 0.15) is 5.76 Å². The minimum atomic E-state index is -0.531. The molecule has 21 heavy (non-hydrogen) atoms. The summed E-state index contributed by atoms with van der Waals surface area (Å²) in [5, 5.41) is 2.59. The summed E-state index contributed by atoms with van der Waals surface area (Å²) in [6.07, 6.45) is 0. The third-order valence-corrected chi connectivity index (χ3v) is 3.26. The number of ether oxygens (including phenoxy) is 1. The van der Waals surface area contributed by atoms with Gasteiger partial charge in [0.2, 0.25) is 5.89 Å². The summed E-state index contributed by atoms with van der Waals surface area (Å²) < 4.78 is 24.5. The van der Waals surface area contributed by atoms with Gasteiger partial charge in [-0.15, -0.1) is 0 Å². The normalized spacial score (nSPS) is 10.5. The van der Waals surface area contributed by atoms with Crippen molar-refractivity contribution in [3.8, 4) is 5.75 Å². The Kier molecular flexibility index (Phi) is 4.95. The Balaban J connectivity index is 1.82. The molecule has 0 atom stereocenters. The maximum Gasteiger partial charge on any atom is 0.258 e. The number of aryl methyl sites for hydroxylation is 2. The first-order valence-corrected chi connectivity index (χ1v) is 7.02. The number of aromatic nitrogens is 1. The number of nitrogens with one attached hydrogen (secondary N) is 1. The first-order valence-electron chi connectivity index (χ1n) is 6.23. The molecule has 5 nitrogen and oxygen atoms in total. The largest absolute Gasteiger partial charge is 0.481 e. The van der Waals surface area contributed by atoms with Gasteiger partial charge in [-0.05, 0) is 32.0 Å². The highest BCUT2D eigenvalue weighted by atomic mass is 79.9. The van der Waals surface area contributed by atoms with Gasteiger partial charge >= 0.3 is 0 Å². The number of rotatable bonds is 5. The van der Waals surface area contributed by atoms with Crippen molar-refractivity contribution >= 4 is 21.8 Å². The van der Waals surface area contributed by atoms with Crippen LogP contribution in [0.1, 0.15) is 17.3 Å². The summed E-state index contributed by atoms with van der Waals surface area (Å²) >= 11 is 3.14. The molecule has 0 spiro atoms. The highest BCUT2D eigenvalue weighted by Crippen LogP contribution is 2.21. The van der Waals surface area contributed by atoms with Gasteiger partial charge in [-0.3, -0.25) is 4.79 Å². The number of benzene rings is 1. The zero-order valence-electron chi connectivity index (χ0n) is 11.6. The highest BCUT2D eigenvalue weighted by molar-refractivity contribution is 9.10. The van der Waals surface area contributed by atoms with Crippen LogP contribution in [0.25, 0.3) is 0 Å². The van der Waals surface area contributed by atoms with Crippen LogP contribution in [0.5, 0.6) is 5.75 Å². The van der Waals surface area contributed by atoms with Crippen LogP contribution in [-0.2, 0) is 11.3 Å². The molecule has 1 heterocycles. The van der Waals surface area contributed by atoms with Crippen molar-refractivity contribution in [3.05, 3.63) is 45.8 Å². The Morgan fingerprint density at radius 2 is 2.24 bits per heavy atom. The number of halogens is 2. The van der Waals surface area contributed by atoms with Crippen molar-refractivity contribution in [1.29, 1.82) is 0 Å². The van der Waals surface area contributed by atoms with Crippen molar-refractivity contribution in [3.63, 3.8) is 0 Å². The lowest BCUT2D eigenvalue weighted by Crippen LogP contribution is -2.28. The van der Waals surface area contributed by atoms with Crippen LogP contribution in [-0.4, -0.2) is 17.5 Å². The Morgan fingerprint density at radius 1 is 1.48 bits per heavy atom. The molecule has 0 fully saturated rings. The van der Waals surface area contributed by atoms with Crippen LogP contribution in [0.3, 0.4) is 0 Å². The minimum absolute atomic E-state index is 0.0242. The van der Waals surface area contributed by atoms with Gasteiger partial charge < -0.3 is 14.5 Å². The molecule has 0 saturated carbocycles. The standard InChI is InChI=1S/C14H14BrFN2O3/c1-8-9(2)21-14(18-8)6-17-13(19)7-20-12-4-3-10(15)5-11(12)16/h3-5H,6-7H2,1-2H3,(H,17,19). The second kappa shape index (κ2) is 6.71. The molecule has 0 radical (unpaired) electrons. The van der Waals surface area contributed by atoms with Crippen LogP contribution in [0, 0.1) is 19.7 Å². The van der Waals surface area contributed by atoms with Crippen LogP contribution in [0.15, 0.2) is 27.1 Å². The summed E-state index contributed by atoms with van der Waals surface area (Å²) in [6, 6.07) is 4.35. The lowest BCUT2D eigenvalue weighted by Gasteiger charge is -2.07. The van der Waals surface area contributed by atoms with Gasteiger partial charge in [0.15, 0.2) is 18.2 Å². The van der Waals surface area contributed by atoms with E-state index in [0.29, 0.717) is 16.1 Å². The Labute approximate surface area is 129 Å². The molecule has 0 bridgehead atoms. The molecular formula is C14H14BrFN2O3. The average Bonchev–Trinajstić information content (AvgIpc) is 2.74. The van der Waals surface area contributed by atoms with E-state index in [2.05, 4.69) is 26.2 Å². The molecule has 1 N–H and O–H groups in total. The summed E-state index contributed by atoms with van der Waals surface area (Å²) in [4.78, 5) is 15.8. The van der Waals surface area contributed by atoms with Crippen molar-refractivity contribution in [1.82, 2.24) is 10.3 Å². The predicted molar refractivity (Wildman–Crippen MR) is 77.4 cm³/mol. The van der Waals surface area contributed by atoms with E-state index in [9.17, 15) is 9.18 Å². The molecule has 1 amide bonds. The minimum Gasteiger partial charge on any atom is -0.481 e. The smallest absolute Gasteiger partial charge is 0.258 e. The molecule has 112 valence electrons. The molecule has 0 saturated heterocycles. The number of oxazole rings is 1. The predicted octanol–water partition coefficient (Wildman–Crippen LogP) is 2.89. The van der Waals surface area contributed by atoms with E-state index >= 15 is 0 Å². The van der Waals surface area contributed by atoms with Crippen LogP contribution >= 0.6 is 15.9 Å². The van der Waals surface area contributed by atoms with E-state index < -0.39 is 5.82 Å². The van der Waals surface area contributed by atoms with Gasteiger partial charge in [0.25, 0.3) is 5.91 Å². The SMILES string of the molecule is Cc1nc(CNC(=O)COc2ccc(Br)cc2F)oc1C. The summed E-state index contributed by atoms with van der Waals surface area (Å²) in [5.41, 5.74) is 0.785. The maximum absolute atomic E-state index is 13.5. The molecule has 7 heteroatoms. The van der Waals surface area contributed by atoms with E-state index in [1.807, 2.05) is 6.92 Å². The monoisotopic (exact) mass is 356 g/mol. The summed E-state index contributed by atoms with van der Waals surface area (Å²) in [6.45, 7) is 3.51. The van der Waals surface area contributed by atoms with Crippen molar-refractivity contribution < 1.29 is 18.3 Å². The number of carbonyl (C=O) groups is 1. The lowest BCUT2D eigenvalue weighted by atomic mass is 10.3. The number of hydrogen-bond donors (Lipinski definition) is 1. The number of carbonyl (C=O) groups excluding carboxylic acids is 1. The van der Waals surface area contributed by atoms with E-state index in [4.69, 9.17) is 9.15 Å². The Morgan fingerprint density at radius 3 is 2.86 bits per heavy atom. The summed E-state index contributed by atoms with van der Waals surface area (Å²) in [5.74, 6) is 0.249. The van der Waals surface area contributed by atoms with Crippen molar-refractivity contribution in [2.24, 2.45) is 0 Å². The fourth-order valence-electron chi connectivity index (χ4n) is 1.58. The van der Waals surface area contributed by atoms with Crippen LogP contribution in [0.2, 0.25) is 0 Å². The van der Waals surface area contributed by atoms with Gasteiger partial charge in [0.05, 0.1) is 12.2 Å². The Hall–Kier alpha value is -1.89. The van der Waals surface area contributed by atoms with Gasteiger partial charge in [-0.25, -0.2) is 9.37 Å². The van der Waals surface area contributed by atoms with Gasteiger partial charge in [-0.2, -0.15) is 0 Å². The first kappa shape index (κ1) is 15.5. The first-order chi connectivity index (χ1) is 9.95.